The number of carbonyl (C=O) groups is 5. The van der Waals surface area contributed by atoms with Gasteiger partial charge in [0.1, 0.15) is 0 Å². The summed E-state index contributed by atoms with van der Waals surface area (Å²) in [5.41, 5.74) is 0.251. The van der Waals surface area contributed by atoms with Crippen LogP contribution in [-0.4, -0.2) is 58.7 Å². The SMILES string of the molecule is CN1C(=O)C(C(=O)Nc2ccc(C(=O)O)cc2)C(=O)N(C)C1=O. The molecule has 0 atom stereocenters. The maximum atomic E-state index is 12.2. The van der Waals surface area contributed by atoms with Gasteiger partial charge in [-0.3, -0.25) is 24.2 Å². The number of aromatic carboxylic acids is 1. The Labute approximate surface area is 130 Å². The van der Waals surface area contributed by atoms with Gasteiger partial charge in [0.05, 0.1) is 5.56 Å². The number of amides is 5. The number of carbonyl (C=O) groups excluding carboxylic acids is 4. The average Bonchev–Trinajstić information content (AvgIpc) is 2.51. The van der Waals surface area contributed by atoms with Crippen molar-refractivity contribution in [1.82, 2.24) is 9.80 Å². The minimum absolute atomic E-state index is 0.0258. The molecule has 0 saturated carbocycles. The van der Waals surface area contributed by atoms with E-state index in [1.165, 1.54) is 38.4 Å². The molecule has 1 aliphatic rings. The van der Waals surface area contributed by atoms with Crippen molar-refractivity contribution in [3.8, 4) is 0 Å². The summed E-state index contributed by atoms with van der Waals surface area (Å²) in [5.74, 6) is -5.52. The number of rotatable bonds is 3. The van der Waals surface area contributed by atoms with E-state index in [-0.39, 0.29) is 11.3 Å². The third kappa shape index (κ3) is 2.89. The van der Waals surface area contributed by atoms with Gasteiger partial charge in [0.15, 0.2) is 5.92 Å². The number of carboxylic acids is 1. The first kappa shape index (κ1) is 16.1. The maximum Gasteiger partial charge on any atom is 0.335 e. The second kappa shape index (κ2) is 5.87. The topological polar surface area (TPSA) is 124 Å². The highest BCUT2D eigenvalue weighted by Gasteiger charge is 2.46. The second-order valence-electron chi connectivity index (χ2n) is 4.88. The van der Waals surface area contributed by atoms with Crippen LogP contribution in [0.2, 0.25) is 0 Å². The molecule has 23 heavy (non-hydrogen) atoms. The summed E-state index contributed by atoms with van der Waals surface area (Å²) in [6.45, 7) is 0. The first-order valence-corrected chi connectivity index (χ1v) is 6.47. The fourth-order valence-corrected chi connectivity index (χ4v) is 2.04. The van der Waals surface area contributed by atoms with Crippen LogP contribution in [0, 0.1) is 5.92 Å². The van der Waals surface area contributed by atoms with Crippen molar-refractivity contribution >= 4 is 35.4 Å². The lowest BCUT2D eigenvalue weighted by Crippen LogP contribution is -2.59. The molecular formula is C14H13N3O6. The number of carboxylic acid groups (broad SMARTS) is 1. The molecule has 1 aliphatic heterocycles. The Hall–Kier alpha value is -3.23. The lowest BCUT2D eigenvalue weighted by Gasteiger charge is -2.32. The van der Waals surface area contributed by atoms with Gasteiger partial charge in [-0.1, -0.05) is 0 Å². The molecule has 0 aromatic heterocycles. The number of urea groups is 1. The highest BCUT2D eigenvalue weighted by atomic mass is 16.4. The number of nitrogens with zero attached hydrogens (tertiary/aromatic N) is 2. The van der Waals surface area contributed by atoms with Gasteiger partial charge in [-0.05, 0) is 24.3 Å². The first-order valence-electron chi connectivity index (χ1n) is 6.47. The van der Waals surface area contributed by atoms with Crippen molar-refractivity contribution in [3.63, 3.8) is 0 Å². The van der Waals surface area contributed by atoms with Crippen LogP contribution < -0.4 is 5.32 Å². The molecule has 1 fully saturated rings. The number of hydrogen-bond acceptors (Lipinski definition) is 5. The second-order valence-corrected chi connectivity index (χ2v) is 4.88. The predicted octanol–water partition coefficient (Wildman–Crippen LogP) is -0.0101. The predicted molar refractivity (Wildman–Crippen MR) is 76.5 cm³/mol. The van der Waals surface area contributed by atoms with Crippen LogP contribution in [0.25, 0.3) is 0 Å². The zero-order chi connectivity index (χ0) is 17.3. The Bertz CT molecular complexity index is 688. The van der Waals surface area contributed by atoms with E-state index in [9.17, 15) is 24.0 Å². The summed E-state index contributed by atoms with van der Waals surface area (Å²) in [6, 6.07) is 4.39. The molecular weight excluding hydrogens is 306 g/mol. The molecule has 0 radical (unpaired) electrons. The van der Waals surface area contributed by atoms with Crippen molar-refractivity contribution in [2.45, 2.75) is 0 Å². The van der Waals surface area contributed by atoms with E-state index in [1.807, 2.05) is 0 Å². The Balaban J connectivity index is 2.19. The van der Waals surface area contributed by atoms with E-state index < -0.39 is 35.6 Å². The average molecular weight is 319 g/mol. The highest BCUT2D eigenvalue weighted by molar-refractivity contribution is 6.27. The maximum absolute atomic E-state index is 12.2. The Morgan fingerprint density at radius 1 is 1.00 bits per heavy atom. The largest absolute Gasteiger partial charge is 0.478 e. The van der Waals surface area contributed by atoms with Crippen LogP contribution in [0.15, 0.2) is 24.3 Å². The number of hydrogen-bond donors (Lipinski definition) is 2. The summed E-state index contributed by atoms with van der Waals surface area (Å²) in [5, 5.41) is 11.2. The fraction of sp³-hybridized carbons (Fsp3) is 0.214. The van der Waals surface area contributed by atoms with Crippen LogP contribution in [0.3, 0.4) is 0 Å². The van der Waals surface area contributed by atoms with E-state index in [0.717, 1.165) is 0 Å². The molecule has 0 bridgehead atoms. The standard InChI is InChI=1S/C14H13N3O6/c1-16-11(19)9(12(20)17(2)14(16)23)10(18)15-8-5-3-7(4-6-8)13(21)22/h3-6,9H,1-2H3,(H,15,18)(H,21,22). The lowest BCUT2D eigenvalue weighted by molar-refractivity contribution is -0.151. The van der Waals surface area contributed by atoms with E-state index in [2.05, 4.69) is 5.32 Å². The van der Waals surface area contributed by atoms with Crippen LogP contribution in [0.1, 0.15) is 10.4 Å². The molecule has 5 amide bonds. The number of anilines is 1. The molecule has 2 rings (SSSR count). The highest BCUT2D eigenvalue weighted by Crippen LogP contribution is 2.18. The summed E-state index contributed by atoms with van der Waals surface area (Å²) in [6.07, 6.45) is 0. The van der Waals surface area contributed by atoms with Gasteiger partial charge in [-0.2, -0.15) is 0 Å². The van der Waals surface area contributed by atoms with Gasteiger partial charge < -0.3 is 10.4 Å². The molecule has 0 unspecified atom stereocenters. The summed E-state index contributed by atoms with van der Waals surface area (Å²) in [4.78, 5) is 59.9. The van der Waals surface area contributed by atoms with Gasteiger partial charge in [-0.25, -0.2) is 9.59 Å². The van der Waals surface area contributed by atoms with Crippen LogP contribution in [0.5, 0.6) is 0 Å². The van der Waals surface area contributed by atoms with E-state index >= 15 is 0 Å². The van der Waals surface area contributed by atoms with E-state index in [0.29, 0.717) is 9.80 Å². The molecule has 0 spiro atoms. The number of nitrogens with one attached hydrogen (secondary N) is 1. The zero-order valence-corrected chi connectivity index (χ0v) is 12.3. The molecule has 0 aliphatic carbocycles. The molecule has 9 heteroatoms. The van der Waals surface area contributed by atoms with E-state index in [1.54, 1.807) is 0 Å². The number of barbiturate groups is 1. The van der Waals surface area contributed by atoms with Gasteiger partial charge >= 0.3 is 12.0 Å². The lowest BCUT2D eigenvalue weighted by atomic mass is 10.0. The monoisotopic (exact) mass is 319 g/mol. The fourth-order valence-electron chi connectivity index (χ4n) is 2.04. The van der Waals surface area contributed by atoms with Crippen molar-refractivity contribution in [2.75, 3.05) is 19.4 Å². The number of benzene rings is 1. The van der Waals surface area contributed by atoms with Crippen molar-refractivity contribution < 1.29 is 29.1 Å². The van der Waals surface area contributed by atoms with Gasteiger partial charge in [0.25, 0.3) is 11.8 Å². The van der Waals surface area contributed by atoms with Gasteiger partial charge in [0, 0.05) is 19.8 Å². The van der Waals surface area contributed by atoms with Crippen molar-refractivity contribution in [2.24, 2.45) is 5.92 Å². The van der Waals surface area contributed by atoms with E-state index in [4.69, 9.17) is 5.11 Å². The van der Waals surface area contributed by atoms with Gasteiger partial charge in [0.2, 0.25) is 5.91 Å². The quantitative estimate of drug-likeness (QED) is 0.755. The van der Waals surface area contributed by atoms with Crippen molar-refractivity contribution in [1.29, 1.82) is 0 Å². The molecule has 1 aromatic rings. The van der Waals surface area contributed by atoms with Crippen LogP contribution in [-0.2, 0) is 14.4 Å². The minimum atomic E-state index is -1.66. The molecule has 2 N–H and O–H groups in total. The molecule has 1 heterocycles. The van der Waals surface area contributed by atoms with Gasteiger partial charge in [-0.15, -0.1) is 0 Å². The molecule has 1 saturated heterocycles. The Kier molecular flexibility index (Phi) is 4.12. The number of imide groups is 2. The van der Waals surface area contributed by atoms with Crippen molar-refractivity contribution in [3.05, 3.63) is 29.8 Å². The summed E-state index contributed by atoms with van der Waals surface area (Å²) < 4.78 is 0. The Morgan fingerprint density at radius 2 is 1.48 bits per heavy atom. The molecule has 9 nitrogen and oxygen atoms in total. The minimum Gasteiger partial charge on any atom is -0.478 e. The normalized spacial score (nSPS) is 15.8. The van der Waals surface area contributed by atoms with Crippen LogP contribution >= 0.6 is 0 Å². The third-order valence-corrected chi connectivity index (χ3v) is 3.39. The third-order valence-electron chi connectivity index (χ3n) is 3.39. The molecule has 120 valence electrons. The summed E-state index contributed by atoms with van der Waals surface area (Å²) in [7, 11) is 2.35. The summed E-state index contributed by atoms with van der Waals surface area (Å²) >= 11 is 0. The first-order chi connectivity index (χ1) is 10.7. The molecule has 1 aromatic carbocycles. The van der Waals surface area contributed by atoms with Crippen LogP contribution in [0.4, 0.5) is 10.5 Å². The Morgan fingerprint density at radius 3 is 1.91 bits per heavy atom. The smallest absolute Gasteiger partial charge is 0.335 e. The zero-order valence-electron chi connectivity index (χ0n) is 12.3.